The van der Waals surface area contributed by atoms with E-state index >= 15 is 0 Å². The first-order valence-corrected chi connectivity index (χ1v) is 11.5. The lowest BCUT2D eigenvalue weighted by molar-refractivity contribution is -0.00000923. The molecule has 5 rings (SSSR count). The highest BCUT2D eigenvalue weighted by molar-refractivity contribution is 5.51. The van der Waals surface area contributed by atoms with Crippen molar-refractivity contribution in [2.24, 2.45) is 7.05 Å². The van der Waals surface area contributed by atoms with Gasteiger partial charge in [-0.15, -0.1) is 0 Å². The molecule has 2 atom stereocenters. The molecule has 3 aromatic heterocycles. The Bertz CT molecular complexity index is 956. The normalized spacial score (nSPS) is 20.3. The summed E-state index contributed by atoms with van der Waals surface area (Å²) in [5.74, 6) is 0. The predicted molar refractivity (Wildman–Crippen MR) is 128 cm³/mol. The first-order chi connectivity index (χ1) is 15.4. The van der Waals surface area contributed by atoms with E-state index in [2.05, 4.69) is 69.7 Å². The molecule has 2 aliphatic heterocycles. The molecule has 0 spiro atoms. The van der Waals surface area contributed by atoms with Crippen LogP contribution in [0.2, 0.25) is 0 Å². The van der Waals surface area contributed by atoms with Crippen molar-refractivity contribution in [2.75, 3.05) is 27.2 Å². The second-order valence-electron chi connectivity index (χ2n) is 9.21. The molecule has 0 bridgehead atoms. The van der Waals surface area contributed by atoms with E-state index < -0.39 is 0 Å². The van der Waals surface area contributed by atoms with Gasteiger partial charge in [-0.25, -0.2) is 0 Å². The monoisotopic (exact) mass is 468 g/mol. The molecule has 0 aliphatic carbocycles. The molecule has 6 nitrogen and oxygen atoms in total. The minimum Gasteiger partial charge on any atom is -1.00 e. The summed E-state index contributed by atoms with van der Waals surface area (Å²) in [6.45, 7) is 5.58. The van der Waals surface area contributed by atoms with Crippen molar-refractivity contribution < 1.29 is 17.5 Å². The maximum absolute atomic E-state index is 8.06. The van der Waals surface area contributed by atoms with Crippen LogP contribution in [0.4, 0.5) is 0 Å². The second kappa shape index (κ2) is 10.8. The van der Waals surface area contributed by atoms with Crippen LogP contribution in [-0.2, 0) is 19.9 Å². The van der Waals surface area contributed by atoms with Crippen LogP contribution in [0.5, 0.6) is 0 Å². The van der Waals surface area contributed by atoms with Crippen LogP contribution in [-0.4, -0.2) is 62.7 Å². The fourth-order valence-corrected chi connectivity index (χ4v) is 5.23. The molecular formula is C26H35ClN5O-. The van der Waals surface area contributed by atoms with E-state index in [1.54, 1.807) is 13.8 Å². The van der Waals surface area contributed by atoms with Crippen LogP contribution < -0.4 is 12.4 Å². The highest BCUT2D eigenvalue weighted by atomic mass is 35.5. The van der Waals surface area contributed by atoms with Crippen LogP contribution >= 0.6 is 0 Å². The summed E-state index contributed by atoms with van der Waals surface area (Å²) in [5, 5.41) is 8.06. The van der Waals surface area contributed by atoms with Gasteiger partial charge in [0, 0.05) is 86.4 Å². The van der Waals surface area contributed by atoms with Crippen LogP contribution in [0, 0.1) is 0 Å². The highest BCUT2D eigenvalue weighted by Gasteiger charge is 2.39. The smallest absolute Gasteiger partial charge is 0.0636 e. The molecule has 33 heavy (non-hydrogen) atoms. The van der Waals surface area contributed by atoms with Crippen molar-refractivity contribution >= 4 is 0 Å². The number of hydrogen-bond donors (Lipinski definition) is 1. The molecule has 2 aliphatic rings. The molecule has 1 N–H and O–H groups in total. The zero-order valence-corrected chi connectivity index (χ0v) is 21.0. The number of aliphatic hydroxyl groups is 1. The van der Waals surface area contributed by atoms with E-state index in [9.17, 15) is 0 Å². The molecule has 0 radical (unpaired) electrons. The van der Waals surface area contributed by atoms with Gasteiger partial charge in [0.25, 0.3) is 0 Å². The fourth-order valence-electron chi connectivity index (χ4n) is 5.23. The summed E-state index contributed by atoms with van der Waals surface area (Å²) in [6.07, 6.45) is 9.80. The Morgan fingerprint density at radius 1 is 0.818 bits per heavy atom. The zero-order chi connectivity index (χ0) is 22.8. The van der Waals surface area contributed by atoms with Crippen molar-refractivity contribution in [2.45, 2.75) is 44.9 Å². The molecule has 0 aromatic carbocycles. The van der Waals surface area contributed by atoms with Gasteiger partial charge >= 0.3 is 0 Å². The summed E-state index contributed by atoms with van der Waals surface area (Å²) in [6, 6.07) is 9.04. The summed E-state index contributed by atoms with van der Waals surface area (Å²) >= 11 is 0. The van der Waals surface area contributed by atoms with Crippen molar-refractivity contribution in [3.63, 3.8) is 0 Å². The SMILES string of the molecule is CC(C)O.CN1CCc2c(c3c(n2C)CCN(C)[C@@H]3c2cccnc2)[C@H]1c1cccnc1.[Cl-]. The highest BCUT2D eigenvalue weighted by Crippen LogP contribution is 2.46. The third-order valence-corrected chi connectivity index (χ3v) is 6.55. The second-order valence-corrected chi connectivity index (χ2v) is 9.21. The molecule has 0 saturated heterocycles. The van der Waals surface area contributed by atoms with Gasteiger partial charge in [0.2, 0.25) is 0 Å². The van der Waals surface area contributed by atoms with Gasteiger partial charge in [0.05, 0.1) is 12.1 Å². The Labute approximate surface area is 203 Å². The van der Waals surface area contributed by atoms with E-state index in [4.69, 9.17) is 5.11 Å². The van der Waals surface area contributed by atoms with Gasteiger partial charge in [0.15, 0.2) is 0 Å². The molecule has 0 fully saturated rings. The fraction of sp³-hybridized carbons (Fsp3) is 0.462. The van der Waals surface area contributed by atoms with Crippen molar-refractivity contribution in [1.82, 2.24) is 24.3 Å². The Morgan fingerprint density at radius 2 is 1.21 bits per heavy atom. The molecule has 3 aromatic rings. The van der Waals surface area contributed by atoms with Gasteiger partial charge in [-0.2, -0.15) is 0 Å². The Balaban J connectivity index is 0.000000569. The average Bonchev–Trinajstić information content (AvgIpc) is 3.06. The van der Waals surface area contributed by atoms with Crippen LogP contribution in [0.3, 0.4) is 0 Å². The third kappa shape index (κ3) is 4.99. The van der Waals surface area contributed by atoms with Crippen molar-refractivity contribution in [3.05, 3.63) is 82.7 Å². The van der Waals surface area contributed by atoms with Crippen LogP contribution in [0.1, 0.15) is 59.6 Å². The average molecular weight is 469 g/mol. The quantitative estimate of drug-likeness (QED) is 0.588. The Hall–Kier alpha value is -2.25. The van der Waals surface area contributed by atoms with E-state index in [1.807, 2.05) is 24.8 Å². The maximum atomic E-state index is 8.06. The Morgan fingerprint density at radius 3 is 1.55 bits per heavy atom. The van der Waals surface area contributed by atoms with E-state index in [-0.39, 0.29) is 30.6 Å². The van der Waals surface area contributed by atoms with Crippen molar-refractivity contribution in [3.8, 4) is 0 Å². The van der Waals surface area contributed by atoms with Crippen LogP contribution in [0.15, 0.2) is 49.1 Å². The van der Waals surface area contributed by atoms with Gasteiger partial charge in [-0.1, -0.05) is 12.1 Å². The zero-order valence-electron chi connectivity index (χ0n) is 20.2. The molecule has 0 unspecified atom stereocenters. The third-order valence-electron chi connectivity index (χ3n) is 6.55. The van der Waals surface area contributed by atoms with E-state index in [0.717, 1.165) is 25.9 Å². The van der Waals surface area contributed by atoms with Gasteiger partial charge < -0.3 is 22.1 Å². The molecular weight excluding hydrogens is 434 g/mol. The number of hydrogen-bond acceptors (Lipinski definition) is 5. The summed E-state index contributed by atoms with van der Waals surface area (Å²) in [4.78, 5) is 13.8. The molecule has 178 valence electrons. The number of fused-ring (bicyclic) bond motifs is 3. The lowest BCUT2D eigenvalue weighted by atomic mass is 9.84. The minimum absolute atomic E-state index is 0. The number of halogens is 1. The first-order valence-electron chi connectivity index (χ1n) is 11.5. The lowest BCUT2D eigenvalue weighted by Gasteiger charge is -2.38. The summed E-state index contributed by atoms with van der Waals surface area (Å²) < 4.78 is 2.48. The maximum Gasteiger partial charge on any atom is 0.0636 e. The number of aromatic nitrogens is 3. The van der Waals surface area contributed by atoms with Crippen molar-refractivity contribution in [1.29, 1.82) is 0 Å². The molecule has 7 heteroatoms. The molecule has 0 saturated carbocycles. The number of aliphatic hydroxyl groups excluding tert-OH is 1. The van der Waals surface area contributed by atoms with Crippen LogP contribution in [0.25, 0.3) is 0 Å². The number of likely N-dealkylation sites (N-methyl/N-ethyl adjacent to an activating group) is 2. The predicted octanol–water partition coefficient (Wildman–Crippen LogP) is 0.361. The minimum atomic E-state index is -0.167. The van der Waals surface area contributed by atoms with E-state index in [1.165, 1.54) is 33.6 Å². The molecule has 5 heterocycles. The molecule has 0 amide bonds. The van der Waals surface area contributed by atoms with Gasteiger partial charge in [-0.3, -0.25) is 19.8 Å². The topological polar surface area (TPSA) is 57.4 Å². The number of nitrogens with zero attached hydrogens (tertiary/aromatic N) is 5. The van der Waals surface area contributed by atoms with Gasteiger partial charge in [0.1, 0.15) is 0 Å². The lowest BCUT2D eigenvalue weighted by Crippen LogP contribution is -3.00. The Kier molecular flexibility index (Phi) is 8.29. The van der Waals surface area contributed by atoms with Gasteiger partial charge in [-0.05, 0) is 51.2 Å². The summed E-state index contributed by atoms with van der Waals surface area (Å²) in [7, 11) is 6.74. The number of pyridine rings is 2. The largest absolute Gasteiger partial charge is 1.00 e. The standard InChI is InChI=1S/C23H27N5.C3H8O.ClH/c1-26-12-8-18-20(22(26)16-6-4-10-24-14-16)21-19(28(18)3)9-13-27(2)23(21)17-7-5-11-25-15-17;1-3(2)4;/h4-7,10-11,14-15,22-23H,8-9,12-13H2,1-3H3;3-4H,1-2H3;1H/p-1/t22-,23-;;/m1../s1. The van der Waals surface area contributed by atoms with E-state index in [0.29, 0.717) is 0 Å². The number of rotatable bonds is 2. The first kappa shape index (κ1) is 25.4. The summed E-state index contributed by atoms with van der Waals surface area (Å²) in [5.41, 5.74) is 8.50.